The molecule has 1 aliphatic rings. The first kappa shape index (κ1) is 12.5. The predicted octanol–water partition coefficient (Wildman–Crippen LogP) is 3.85. The Kier molecular flexibility index (Phi) is 3.28. The van der Waals surface area contributed by atoms with Crippen molar-refractivity contribution in [3.05, 3.63) is 52.6 Å². The number of rotatable bonds is 1. The number of para-hydroxylation sites is 1. The van der Waals surface area contributed by atoms with E-state index in [1.807, 2.05) is 58.0 Å². The van der Waals surface area contributed by atoms with E-state index in [9.17, 15) is 4.79 Å². The zero-order valence-corrected chi connectivity index (χ0v) is 11.2. The summed E-state index contributed by atoms with van der Waals surface area (Å²) in [5, 5.41) is 0. The Balaban J connectivity index is 2.50. The first-order valence-corrected chi connectivity index (χ1v) is 6.05. The van der Waals surface area contributed by atoms with Gasteiger partial charge >= 0.3 is 0 Å². The molecule has 0 saturated heterocycles. The van der Waals surface area contributed by atoms with Gasteiger partial charge in [-0.2, -0.15) is 0 Å². The molecule has 1 aromatic carbocycles. The molecule has 0 N–H and O–H groups in total. The minimum atomic E-state index is 0.107. The van der Waals surface area contributed by atoms with E-state index >= 15 is 0 Å². The molecular weight excluding hydrogens is 222 g/mol. The third-order valence-electron chi connectivity index (χ3n) is 3.13. The second kappa shape index (κ2) is 4.73. The minimum absolute atomic E-state index is 0.107. The lowest BCUT2D eigenvalue weighted by Crippen LogP contribution is -2.10. The van der Waals surface area contributed by atoms with Crippen molar-refractivity contribution >= 4 is 17.2 Å². The van der Waals surface area contributed by atoms with Crippen molar-refractivity contribution in [2.45, 2.75) is 27.7 Å². The Morgan fingerprint density at radius 1 is 0.889 bits per heavy atom. The molecule has 0 saturated carbocycles. The molecule has 0 aromatic heterocycles. The molecule has 0 amide bonds. The summed E-state index contributed by atoms with van der Waals surface area (Å²) in [7, 11) is 0. The van der Waals surface area contributed by atoms with E-state index in [1.54, 1.807) is 0 Å². The summed E-state index contributed by atoms with van der Waals surface area (Å²) in [5.41, 5.74) is 5.64. The molecule has 92 valence electrons. The Bertz CT molecular complexity index is 559. The van der Waals surface area contributed by atoms with Crippen molar-refractivity contribution in [3.63, 3.8) is 0 Å². The molecular formula is C16H17NO. The number of Topliss-reactive ketones (excluding diaryl/α,β-unsaturated/α-hetero) is 1. The number of ketones is 1. The lowest BCUT2D eigenvalue weighted by atomic mass is 9.98. The maximum absolute atomic E-state index is 11.7. The average Bonchev–Trinajstić information content (AvgIpc) is 2.31. The van der Waals surface area contributed by atoms with Gasteiger partial charge in [0, 0.05) is 0 Å². The number of hydrogen-bond donors (Lipinski definition) is 0. The van der Waals surface area contributed by atoms with Crippen LogP contribution in [0.3, 0.4) is 0 Å². The summed E-state index contributed by atoms with van der Waals surface area (Å²) in [6, 6.07) is 6.13. The number of nitrogens with zero attached hydrogens (tertiary/aromatic N) is 1. The Morgan fingerprint density at radius 2 is 1.39 bits per heavy atom. The SMILES string of the molecule is CC1=CC(=Nc2c(C)cccc2C)C=C(C)C1=O. The number of carbonyl (C=O) groups is 1. The quantitative estimate of drug-likeness (QED) is 0.684. The van der Waals surface area contributed by atoms with Gasteiger partial charge in [0.1, 0.15) is 0 Å². The fourth-order valence-electron chi connectivity index (χ4n) is 2.10. The normalized spacial score (nSPS) is 15.3. The van der Waals surface area contributed by atoms with Crippen molar-refractivity contribution < 1.29 is 4.79 Å². The molecule has 2 rings (SSSR count). The van der Waals surface area contributed by atoms with Gasteiger partial charge in [0.15, 0.2) is 5.78 Å². The number of benzene rings is 1. The van der Waals surface area contributed by atoms with E-state index in [4.69, 9.17) is 0 Å². The summed E-state index contributed by atoms with van der Waals surface area (Å²) in [6.45, 7) is 7.76. The molecule has 1 aliphatic carbocycles. The summed E-state index contributed by atoms with van der Waals surface area (Å²) >= 11 is 0. The smallest absolute Gasteiger partial charge is 0.184 e. The largest absolute Gasteiger partial charge is 0.289 e. The highest BCUT2D eigenvalue weighted by Gasteiger charge is 2.14. The summed E-state index contributed by atoms with van der Waals surface area (Å²) in [4.78, 5) is 16.3. The van der Waals surface area contributed by atoms with Crippen molar-refractivity contribution in [2.75, 3.05) is 0 Å². The van der Waals surface area contributed by atoms with Crippen molar-refractivity contribution in [1.82, 2.24) is 0 Å². The third-order valence-corrected chi connectivity index (χ3v) is 3.13. The monoisotopic (exact) mass is 239 g/mol. The Labute approximate surface area is 108 Å². The van der Waals surface area contributed by atoms with Crippen molar-refractivity contribution in [3.8, 4) is 0 Å². The van der Waals surface area contributed by atoms with Gasteiger partial charge in [-0.15, -0.1) is 0 Å². The third kappa shape index (κ3) is 2.33. The number of hydrogen-bond acceptors (Lipinski definition) is 2. The summed E-state index contributed by atoms with van der Waals surface area (Å²) in [6.07, 6.45) is 3.70. The first-order chi connectivity index (χ1) is 8.49. The molecule has 2 heteroatoms. The van der Waals surface area contributed by atoms with Gasteiger partial charge in [0.2, 0.25) is 0 Å². The lowest BCUT2D eigenvalue weighted by Gasteiger charge is -2.10. The molecule has 0 spiro atoms. The van der Waals surface area contributed by atoms with Crippen LogP contribution in [-0.2, 0) is 4.79 Å². The van der Waals surface area contributed by atoms with Gasteiger partial charge in [-0.1, -0.05) is 18.2 Å². The molecule has 0 fully saturated rings. The maximum Gasteiger partial charge on any atom is 0.184 e. The van der Waals surface area contributed by atoms with Crippen LogP contribution >= 0.6 is 0 Å². The topological polar surface area (TPSA) is 29.4 Å². The van der Waals surface area contributed by atoms with E-state index in [0.717, 1.165) is 33.7 Å². The molecule has 0 radical (unpaired) electrons. The molecule has 0 bridgehead atoms. The van der Waals surface area contributed by atoms with Crippen LogP contribution in [0.4, 0.5) is 5.69 Å². The summed E-state index contributed by atoms with van der Waals surface area (Å²) in [5.74, 6) is 0.107. The van der Waals surface area contributed by atoms with Gasteiger partial charge in [0.25, 0.3) is 0 Å². The molecule has 1 aromatic rings. The van der Waals surface area contributed by atoms with Gasteiger partial charge in [0.05, 0.1) is 11.4 Å². The number of aryl methyl sites for hydroxylation is 2. The van der Waals surface area contributed by atoms with Crippen LogP contribution in [0.25, 0.3) is 0 Å². The number of allylic oxidation sites excluding steroid dienone is 4. The van der Waals surface area contributed by atoms with E-state index in [2.05, 4.69) is 4.99 Å². The van der Waals surface area contributed by atoms with Crippen LogP contribution in [0.15, 0.2) is 46.5 Å². The van der Waals surface area contributed by atoms with Crippen molar-refractivity contribution in [1.29, 1.82) is 0 Å². The van der Waals surface area contributed by atoms with Crippen LogP contribution in [0.2, 0.25) is 0 Å². The average molecular weight is 239 g/mol. The fourth-order valence-corrected chi connectivity index (χ4v) is 2.10. The van der Waals surface area contributed by atoms with E-state index in [0.29, 0.717) is 0 Å². The zero-order valence-electron chi connectivity index (χ0n) is 11.2. The van der Waals surface area contributed by atoms with Gasteiger partial charge in [-0.25, -0.2) is 4.99 Å². The molecule has 18 heavy (non-hydrogen) atoms. The van der Waals surface area contributed by atoms with Gasteiger partial charge in [-0.3, -0.25) is 4.79 Å². The molecule has 0 aliphatic heterocycles. The van der Waals surface area contributed by atoms with E-state index in [-0.39, 0.29) is 5.78 Å². The first-order valence-electron chi connectivity index (χ1n) is 6.05. The zero-order chi connectivity index (χ0) is 13.3. The second-order valence-electron chi connectivity index (χ2n) is 4.76. The van der Waals surface area contributed by atoms with Gasteiger partial charge < -0.3 is 0 Å². The summed E-state index contributed by atoms with van der Waals surface area (Å²) < 4.78 is 0. The van der Waals surface area contributed by atoms with Crippen LogP contribution in [0.5, 0.6) is 0 Å². The van der Waals surface area contributed by atoms with Gasteiger partial charge in [-0.05, 0) is 62.1 Å². The highest BCUT2D eigenvalue weighted by Crippen LogP contribution is 2.24. The molecule has 0 atom stereocenters. The van der Waals surface area contributed by atoms with Crippen molar-refractivity contribution in [2.24, 2.45) is 4.99 Å². The molecule has 0 heterocycles. The minimum Gasteiger partial charge on any atom is -0.289 e. The molecule has 2 nitrogen and oxygen atoms in total. The van der Waals surface area contributed by atoms with E-state index in [1.165, 1.54) is 0 Å². The standard InChI is InChI=1S/C16H17NO/c1-10-6-5-7-11(2)15(10)17-14-8-12(3)16(18)13(4)9-14/h5-9H,1-4H3. The van der Waals surface area contributed by atoms with Crippen LogP contribution < -0.4 is 0 Å². The van der Waals surface area contributed by atoms with Crippen LogP contribution in [0.1, 0.15) is 25.0 Å². The number of carbonyl (C=O) groups excluding carboxylic acids is 1. The maximum atomic E-state index is 11.7. The highest BCUT2D eigenvalue weighted by molar-refractivity contribution is 6.21. The second-order valence-corrected chi connectivity index (χ2v) is 4.76. The van der Waals surface area contributed by atoms with Crippen LogP contribution in [0, 0.1) is 13.8 Å². The van der Waals surface area contributed by atoms with Crippen LogP contribution in [-0.4, -0.2) is 11.5 Å². The Morgan fingerprint density at radius 3 is 1.89 bits per heavy atom. The Hall–Kier alpha value is -1.96. The fraction of sp³-hybridized carbons (Fsp3) is 0.250. The molecule has 0 unspecified atom stereocenters. The van der Waals surface area contributed by atoms with E-state index < -0.39 is 0 Å². The lowest BCUT2D eigenvalue weighted by molar-refractivity contribution is -0.112. The predicted molar refractivity (Wildman–Crippen MR) is 75.5 cm³/mol. The highest BCUT2D eigenvalue weighted by atomic mass is 16.1. The number of aliphatic imine (C=N–C) groups is 1.